The van der Waals surface area contributed by atoms with Gasteiger partial charge in [0.1, 0.15) is 0 Å². The number of hydrogen-bond donors (Lipinski definition) is 2. The van der Waals surface area contributed by atoms with Gasteiger partial charge < -0.3 is 15.0 Å². The van der Waals surface area contributed by atoms with Gasteiger partial charge in [-0.25, -0.2) is 4.79 Å². The molecule has 1 fully saturated rings. The molecule has 0 radical (unpaired) electrons. The van der Waals surface area contributed by atoms with Gasteiger partial charge in [-0.1, -0.05) is 49.4 Å². The highest BCUT2D eigenvalue weighted by Gasteiger charge is 2.30. The van der Waals surface area contributed by atoms with Crippen molar-refractivity contribution >= 4 is 33.4 Å². The van der Waals surface area contributed by atoms with Crippen molar-refractivity contribution in [1.82, 2.24) is 14.8 Å². The highest BCUT2D eigenvalue weighted by atomic mass is 32.1. The zero-order valence-corrected chi connectivity index (χ0v) is 19.7. The molecule has 0 bridgehead atoms. The van der Waals surface area contributed by atoms with E-state index in [9.17, 15) is 19.5 Å². The van der Waals surface area contributed by atoms with Crippen molar-refractivity contribution < 1.29 is 14.7 Å². The summed E-state index contributed by atoms with van der Waals surface area (Å²) in [6, 6.07) is 13.5. The summed E-state index contributed by atoms with van der Waals surface area (Å²) in [5, 5.41) is 9.67. The third-order valence-electron chi connectivity index (χ3n) is 6.33. The first-order valence-electron chi connectivity index (χ1n) is 11.3. The van der Waals surface area contributed by atoms with Crippen molar-refractivity contribution in [2.45, 2.75) is 38.6 Å². The largest absolute Gasteiger partial charge is 0.465 e. The zero-order valence-electron chi connectivity index (χ0n) is 18.9. The smallest absolute Gasteiger partial charge is 0.407 e. The van der Waals surface area contributed by atoms with Crippen LogP contribution in [0.15, 0.2) is 47.3 Å². The predicted octanol–water partition coefficient (Wildman–Crippen LogP) is 4.19. The minimum absolute atomic E-state index is 0.0271. The summed E-state index contributed by atoms with van der Waals surface area (Å²) >= 11 is 1.10. The van der Waals surface area contributed by atoms with E-state index in [2.05, 4.69) is 48.0 Å². The number of aromatic nitrogens is 1. The Hall–Kier alpha value is -2.97. The maximum atomic E-state index is 12.8. The molecule has 0 aliphatic carbocycles. The van der Waals surface area contributed by atoms with Crippen LogP contribution in [0, 0.1) is 0 Å². The Morgan fingerprint density at radius 2 is 1.91 bits per heavy atom. The van der Waals surface area contributed by atoms with Crippen LogP contribution in [-0.2, 0) is 6.42 Å². The molecule has 1 amide bonds. The van der Waals surface area contributed by atoms with E-state index < -0.39 is 6.09 Å². The quantitative estimate of drug-likeness (QED) is 0.508. The normalized spacial score (nSPS) is 17.1. The van der Waals surface area contributed by atoms with Crippen LogP contribution in [0.4, 0.5) is 4.79 Å². The number of nitrogens with zero attached hydrogens (tertiary/aromatic N) is 2. The molecule has 2 heterocycles. The van der Waals surface area contributed by atoms with Gasteiger partial charge in [0.2, 0.25) is 0 Å². The fourth-order valence-corrected chi connectivity index (χ4v) is 5.16. The van der Waals surface area contributed by atoms with E-state index >= 15 is 0 Å². The van der Waals surface area contributed by atoms with Crippen molar-refractivity contribution in [1.29, 1.82) is 0 Å². The summed E-state index contributed by atoms with van der Waals surface area (Å²) in [6.07, 6.45) is 0.111. The second-order valence-corrected chi connectivity index (χ2v) is 9.94. The summed E-state index contributed by atoms with van der Waals surface area (Å²) in [6.45, 7) is 6.53. The maximum Gasteiger partial charge on any atom is 0.407 e. The molecule has 2 N–H and O–H groups in total. The third kappa shape index (κ3) is 5.51. The Morgan fingerprint density at radius 3 is 2.61 bits per heavy atom. The van der Waals surface area contributed by atoms with E-state index in [1.807, 2.05) is 0 Å². The van der Waals surface area contributed by atoms with Crippen LogP contribution in [0.2, 0.25) is 0 Å². The van der Waals surface area contributed by atoms with Gasteiger partial charge in [0.25, 0.3) is 0 Å². The molecule has 1 aliphatic rings. The molecule has 4 rings (SSSR count). The van der Waals surface area contributed by atoms with Crippen molar-refractivity contribution in [3.63, 3.8) is 0 Å². The Balaban J connectivity index is 1.39. The molecule has 1 saturated heterocycles. The lowest BCUT2D eigenvalue weighted by Crippen LogP contribution is -2.55. The zero-order chi connectivity index (χ0) is 23.5. The van der Waals surface area contributed by atoms with Crippen molar-refractivity contribution in [3.05, 3.63) is 68.8 Å². The average Bonchev–Trinajstić information content (AvgIpc) is 3.17. The van der Waals surface area contributed by atoms with Gasteiger partial charge in [-0.15, -0.1) is 0 Å². The van der Waals surface area contributed by atoms with Crippen molar-refractivity contribution in [2.75, 3.05) is 26.2 Å². The monoisotopic (exact) mass is 467 g/mol. The number of nitrogens with one attached hydrogen (secondary N) is 1. The van der Waals surface area contributed by atoms with Gasteiger partial charge in [0, 0.05) is 38.2 Å². The van der Waals surface area contributed by atoms with Crippen LogP contribution in [-0.4, -0.2) is 64.0 Å². The highest BCUT2D eigenvalue weighted by molar-refractivity contribution is 7.16. The van der Waals surface area contributed by atoms with Crippen molar-refractivity contribution in [3.8, 4) is 0 Å². The molecule has 8 heteroatoms. The second kappa shape index (κ2) is 9.89. The number of carbonyl (C=O) groups is 2. The fourth-order valence-electron chi connectivity index (χ4n) is 4.38. The number of Topliss-reactive ketones (excluding diaryl/α,β-unsaturated/α-hetero) is 1. The Bertz CT molecular complexity index is 1200. The van der Waals surface area contributed by atoms with E-state index in [0.717, 1.165) is 27.1 Å². The molecule has 0 spiro atoms. The van der Waals surface area contributed by atoms with Gasteiger partial charge in [-0.05, 0) is 41.7 Å². The average molecular weight is 468 g/mol. The first-order valence-corrected chi connectivity index (χ1v) is 12.1. The number of thiazole rings is 1. The molecule has 33 heavy (non-hydrogen) atoms. The molecular weight excluding hydrogens is 438 g/mol. The van der Waals surface area contributed by atoms with E-state index in [1.54, 1.807) is 18.2 Å². The number of carboxylic acid groups (broad SMARTS) is 1. The molecule has 1 unspecified atom stereocenters. The lowest BCUT2D eigenvalue weighted by atomic mass is 9.97. The van der Waals surface area contributed by atoms with Crippen molar-refractivity contribution in [2.24, 2.45) is 0 Å². The molecular formula is C25H29N3O4S. The fraction of sp³-hybridized carbons (Fsp3) is 0.400. The Labute approximate surface area is 196 Å². The molecule has 1 aliphatic heterocycles. The first kappa shape index (κ1) is 23.2. The number of piperazine rings is 1. The molecule has 3 aromatic rings. The summed E-state index contributed by atoms with van der Waals surface area (Å²) in [5.41, 5.74) is 3.73. The number of aromatic amines is 1. The van der Waals surface area contributed by atoms with Gasteiger partial charge in [0.15, 0.2) is 5.78 Å². The van der Waals surface area contributed by atoms with Crippen LogP contribution in [0.3, 0.4) is 0 Å². The summed E-state index contributed by atoms with van der Waals surface area (Å²) in [4.78, 5) is 42.4. The predicted molar refractivity (Wildman–Crippen MR) is 131 cm³/mol. The van der Waals surface area contributed by atoms with Crippen LogP contribution in [0.1, 0.15) is 47.7 Å². The van der Waals surface area contributed by atoms with Gasteiger partial charge >= 0.3 is 11.0 Å². The number of benzene rings is 2. The minimum atomic E-state index is -0.895. The second-order valence-electron chi connectivity index (χ2n) is 8.93. The number of hydrogen-bond acceptors (Lipinski definition) is 5. The topological polar surface area (TPSA) is 93.7 Å². The number of amides is 1. The lowest BCUT2D eigenvalue weighted by Gasteiger charge is -2.40. The van der Waals surface area contributed by atoms with Crippen LogP contribution in [0.25, 0.3) is 10.2 Å². The lowest BCUT2D eigenvalue weighted by molar-refractivity contribution is 0.0647. The Morgan fingerprint density at radius 1 is 1.15 bits per heavy atom. The standard InChI is InChI=1S/C25H29N3O4S/c1-16(2)18-5-3-17(4-6-18)13-20-15-27(11-12-28(20)25(31)32)10-9-22(29)19-7-8-21-23(14-19)33-24(30)26-21/h3-8,14,16,20H,9-13,15H2,1-2H3,(H,26,30)(H,31,32). The number of H-pyrrole nitrogens is 1. The number of fused-ring (bicyclic) bond motifs is 1. The molecule has 1 atom stereocenters. The number of rotatable bonds is 7. The van der Waals surface area contributed by atoms with E-state index in [1.165, 1.54) is 10.5 Å². The van der Waals surface area contributed by atoms with Gasteiger partial charge in [0.05, 0.1) is 16.3 Å². The van der Waals surface area contributed by atoms with Crippen LogP contribution < -0.4 is 4.87 Å². The van der Waals surface area contributed by atoms with E-state index in [-0.39, 0.29) is 16.7 Å². The molecule has 0 saturated carbocycles. The highest BCUT2D eigenvalue weighted by Crippen LogP contribution is 2.20. The van der Waals surface area contributed by atoms with E-state index in [0.29, 0.717) is 50.5 Å². The first-order chi connectivity index (χ1) is 15.8. The van der Waals surface area contributed by atoms with Gasteiger partial charge in [-0.2, -0.15) is 0 Å². The van der Waals surface area contributed by atoms with Crippen LogP contribution in [0.5, 0.6) is 0 Å². The Kier molecular flexibility index (Phi) is 6.95. The minimum Gasteiger partial charge on any atom is -0.465 e. The maximum absolute atomic E-state index is 12.8. The van der Waals surface area contributed by atoms with Crippen LogP contribution >= 0.6 is 11.3 Å². The molecule has 2 aromatic carbocycles. The number of carbonyl (C=O) groups excluding carboxylic acids is 1. The third-order valence-corrected chi connectivity index (χ3v) is 7.17. The summed E-state index contributed by atoms with van der Waals surface area (Å²) in [7, 11) is 0. The van der Waals surface area contributed by atoms with E-state index in [4.69, 9.17) is 0 Å². The summed E-state index contributed by atoms with van der Waals surface area (Å²) < 4.78 is 0.782. The molecule has 174 valence electrons. The molecule has 1 aromatic heterocycles. The summed E-state index contributed by atoms with van der Waals surface area (Å²) in [5.74, 6) is 0.484. The SMILES string of the molecule is CC(C)c1ccc(CC2CN(CCC(=O)c3ccc4[nH]c(=O)sc4c3)CCN2C(=O)O)cc1. The number of ketones is 1. The molecule has 7 nitrogen and oxygen atoms in total. The van der Waals surface area contributed by atoms with Gasteiger partial charge in [-0.3, -0.25) is 14.5 Å².